The van der Waals surface area contributed by atoms with Gasteiger partial charge >= 0.3 is 0 Å². The topological polar surface area (TPSA) is 52.8 Å². The van der Waals surface area contributed by atoms with Crippen molar-refractivity contribution >= 4 is 5.57 Å². The number of fused-ring (bicyclic) bond motifs is 1. The number of benzene rings is 1. The van der Waals surface area contributed by atoms with Crippen LogP contribution in [0.3, 0.4) is 0 Å². The maximum absolute atomic E-state index is 8.84. The van der Waals surface area contributed by atoms with Gasteiger partial charge in [0.15, 0.2) is 0 Å². The van der Waals surface area contributed by atoms with Gasteiger partial charge in [-0.25, -0.2) is 0 Å². The Morgan fingerprint density at radius 2 is 2.12 bits per heavy atom. The second kappa shape index (κ2) is 7.37. The van der Waals surface area contributed by atoms with Crippen LogP contribution in [0, 0.1) is 11.3 Å². The number of rotatable bonds is 6. The maximum atomic E-state index is 8.84. The molecule has 0 spiro atoms. The van der Waals surface area contributed by atoms with Crippen LogP contribution in [0.5, 0.6) is 0 Å². The molecule has 2 aromatic rings. The molecule has 4 nitrogen and oxygen atoms in total. The summed E-state index contributed by atoms with van der Waals surface area (Å²) in [4.78, 5) is 10.8. The van der Waals surface area contributed by atoms with Crippen molar-refractivity contribution in [1.29, 1.82) is 5.26 Å². The highest BCUT2D eigenvalue weighted by atomic mass is 15.1. The highest BCUT2D eigenvalue weighted by Crippen LogP contribution is 2.42. The minimum absolute atomic E-state index is 0.221. The van der Waals surface area contributed by atoms with Crippen LogP contribution in [0.2, 0.25) is 0 Å². The number of allylic oxidation sites excluding steroid dienone is 1. The Kier molecular flexibility index (Phi) is 5.02. The molecule has 1 aliphatic carbocycles. The van der Waals surface area contributed by atoms with Gasteiger partial charge in [0.1, 0.15) is 0 Å². The van der Waals surface area contributed by atoms with Crippen LogP contribution >= 0.6 is 0 Å². The molecule has 1 aromatic heterocycles. The molecule has 1 atom stereocenters. The van der Waals surface area contributed by atoms with Crippen LogP contribution in [0.1, 0.15) is 36.1 Å². The zero-order chi connectivity index (χ0) is 16.9. The summed E-state index contributed by atoms with van der Waals surface area (Å²) in [6, 6.07) is 10.8. The molecule has 0 saturated heterocycles. The quantitative estimate of drug-likeness (QED) is 0.766. The monoisotopic (exact) mass is 318 g/mol. The average molecular weight is 318 g/mol. The number of nitriles is 1. The van der Waals surface area contributed by atoms with Crippen LogP contribution in [-0.4, -0.2) is 35.0 Å². The molecule has 0 saturated carbocycles. The highest BCUT2D eigenvalue weighted by Gasteiger charge is 2.26. The third-order valence-electron chi connectivity index (χ3n) is 4.69. The summed E-state index contributed by atoms with van der Waals surface area (Å²) in [5.74, 6) is 0.221. The molecule has 4 heteroatoms. The van der Waals surface area contributed by atoms with Crippen LogP contribution in [0.4, 0.5) is 0 Å². The van der Waals surface area contributed by atoms with E-state index in [0.717, 1.165) is 25.1 Å². The van der Waals surface area contributed by atoms with Gasteiger partial charge in [0, 0.05) is 31.1 Å². The number of hydrogen-bond donors (Lipinski definition) is 0. The standard InChI is InChI=1S/C20H22N4/c1-15(19-14-22-9-10-23-19)20-17(7-11-24(2)12-8-21)13-16-5-3-4-6-18(16)20/h3-6,9-10,14-15H,7,11-13H2,1-2H3/t15-/m0/s1. The number of nitrogens with zero attached hydrogens (tertiary/aromatic N) is 4. The van der Waals surface area contributed by atoms with Crippen LogP contribution in [0.25, 0.3) is 5.57 Å². The Morgan fingerprint density at radius 1 is 1.29 bits per heavy atom. The summed E-state index contributed by atoms with van der Waals surface area (Å²) in [7, 11) is 2.00. The fourth-order valence-corrected chi connectivity index (χ4v) is 3.42. The first-order chi connectivity index (χ1) is 11.7. The van der Waals surface area contributed by atoms with E-state index in [-0.39, 0.29) is 5.92 Å². The zero-order valence-electron chi connectivity index (χ0n) is 14.2. The molecule has 1 aromatic carbocycles. The van der Waals surface area contributed by atoms with Crippen molar-refractivity contribution in [2.75, 3.05) is 20.1 Å². The van der Waals surface area contributed by atoms with E-state index in [2.05, 4.69) is 52.1 Å². The molecule has 0 N–H and O–H groups in total. The van der Waals surface area contributed by atoms with Gasteiger partial charge in [0.2, 0.25) is 0 Å². The summed E-state index contributed by atoms with van der Waals surface area (Å²) in [6.07, 6.45) is 7.31. The van der Waals surface area contributed by atoms with Crippen molar-refractivity contribution in [1.82, 2.24) is 14.9 Å². The molecule has 0 bridgehead atoms. The minimum Gasteiger partial charge on any atom is -0.293 e. The number of hydrogen-bond acceptors (Lipinski definition) is 4. The highest BCUT2D eigenvalue weighted by molar-refractivity contribution is 5.80. The molecule has 3 rings (SSSR count). The van der Waals surface area contributed by atoms with Crippen LogP contribution in [-0.2, 0) is 6.42 Å². The Balaban J connectivity index is 1.91. The molecule has 0 fully saturated rings. The van der Waals surface area contributed by atoms with Gasteiger partial charge in [0.05, 0.1) is 18.3 Å². The first-order valence-electron chi connectivity index (χ1n) is 8.32. The molecule has 0 aliphatic heterocycles. The SMILES string of the molecule is C[C@H](C1=C(CCN(C)CC#N)Cc2ccccc21)c1cnccn1. The molecule has 0 radical (unpaired) electrons. The summed E-state index contributed by atoms with van der Waals surface area (Å²) in [5, 5.41) is 8.84. The second-order valence-corrected chi connectivity index (χ2v) is 6.35. The van der Waals surface area contributed by atoms with E-state index in [0.29, 0.717) is 6.54 Å². The minimum atomic E-state index is 0.221. The number of aromatic nitrogens is 2. The third kappa shape index (κ3) is 3.37. The van der Waals surface area contributed by atoms with Gasteiger partial charge in [-0.05, 0) is 36.6 Å². The molecule has 1 heterocycles. The van der Waals surface area contributed by atoms with Gasteiger partial charge in [-0.1, -0.05) is 36.8 Å². The lowest BCUT2D eigenvalue weighted by atomic mass is 9.90. The summed E-state index contributed by atoms with van der Waals surface area (Å²) < 4.78 is 0. The van der Waals surface area contributed by atoms with E-state index in [1.165, 1.54) is 22.3 Å². The van der Waals surface area contributed by atoms with Crippen molar-refractivity contribution in [2.24, 2.45) is 0 Å². The van der Waals surface area contributed by atoms with E-state index in [4.69, 9.17) is 5.26 Å². The smallest absolute Gasteiger partial charge is 0.0863 e. The summed E-state index contributed by atoms with van der Waals surface area (Å²) in [6.45, 7) is 3.57. The van der Waals surface area contributed by atoms with E-state index >= 15 is 0 Å². The van der Waals surface area contributed by atoms with Gasteiger partial charge < -0.3 is 0 Å². The normalized spacial score (nSPS) is 14.6. The molecule has 0 amide bonds. The first-order valence-corrected chi connectivity index (χ1v) is 8.32. The van der Waals surface area contributed by atoms with Crippen molar-refractivity contribution in [3.63, 3.8) is 0 Å². The largest absolute Gasteiger partial charge is 0.293 e. The first kappa shape index (κ1) is 16.4. The Bertz CT molecular complexity index is 774. The lowest BCUT2D eigenvalue weighted by molar-refractivity contribution is 0.378. The lowest BCUT2D eigenvalue weighted by Gasteiger charge is -2.18. The van der Waals surface area contributed by atoms with Crippen molar-refractivity contribution < 1.29 is 0 Å². The Labute approximate surface area is 143 Å². The zero-order valence-corrected chi connectivity index (χ0v) is 14.2. The summed E-state index contributed by atoms with van der Waals surface area (Å²) >= 11 is 0. The van der Waals surface area contributed by atoms with Crippen molar-refractivity contribution in [3.8, 4) is 6.07 Å². The van der Waals surface area contributed by atoms with E-state index in [1.54, 1.807) is 12.4 Å². The predicted molar refractivity (Wildman–Crippen MR) is 95.2 cm³/mol. The maximum Gasteiger partial charge on any atom is 0.0863 e. The van der Waals surface area contributed by atoms with E-state index in [9.17, 15) is 0 Å². The molecule has 24 heavy (non-hydrogen) atoms. The predicted octanol–water partition coefficient (Wildman–Crippen LogP) is 3.44. The fraction of sp³-hybridized carbons (Fsp3) is 0.350. The summed E-state index contributed by atoms with van der Waals surface area (Å²) in [5.41, 5.74) is 6.58. The van der Waals surface area contributed by atoms with Gasteiger partial charge in [-0.3, -0.25) is 14.9 Å². The molecular weight excluding hydrogens is 296 g/mol. The Hall–Kier alpha value is -2.51. The van der Waals surface area contributed by atoms with Gasteiger partial charge in [0.25, 0.3) is 0 Å². The molecular formula is C20H22N4. The van der Waals surface area contributed by atoms with Gasteiger partial charge in [-0.15, -0.1) is 0 Å². The second-order valence-electron chi connectivity index (χ2n) is 6.35. The lowest BCUT2D eigenvalue weighted by Crippen LogP contribution is -2.20. The molecule has 122 valence electrons. The van der Waals surface area contributed by atoms with Crippen molar-refractivity contribution in [2.45, 2.75) is 25.7 Å². The molecule has 0 unspecified atom stereocenters. The van der Waals surface area contributed by atoms with Crippen LogP contribution in [0.15, 0.2) is 48.4 Å². The van der Waals surface area contributed by atoms with Crippen LogP contribution < -0.4 is 0 Å². The third-order valence-corrected chi connectivity index (χ3v) is 4.69. The Morgan fingerprint density at radius 3 is 2.88 bits per heavy atom. The average Bonchev–Trinajstić information content (AvgIpc) is 2.99. The molecule has 1 aliphatic rings. The van der Waals surface area contributed by atoms with E-state index in [1.807, 2.05) is 13.2 Å². The van der Waals surface area contributed by atoms with E-state index < -0.39 is 0 Å². The fourth-order valence-electron chi connectivity index (χ4n) is 3.42. The van der Waals surface area contributed by atoms with Gasteiger partial charge in [-0.2, -0.15) is 5.26 Å². The van der Waals surface area contributed by atoms with Crippen molar-refractivity contribution in [3.05, 3.63) is 65.2 Å².